The Labute approximate surface area is 183 Å². The molecule has 6 heteroatoms. The largest absolute Gasteiger partial charge is 0.372 e. The Morgan fingerprint density at radius 3 is 2.43 bits per heavy atom. The quantitative estimate of drug-likeness (QED) is 0.387. The number of rotatable bonds is 9. The number of nitrogens with one attached hydrogen (secondary N) is 2. The Kier molecular flexibility index (Phi) is 8.41. The second-order valence-electron chi connectivity index (χ2n) is 7.10. The lowest BCUT2D eigenvalue weighted by molar-refractivity contribution is 0.107. The summed E-state index contributed by atoms with van der Waals surface area (Å²) in [7, 11) is 0. The molecule has 5 nitrogen and oxygen atoms in total. The molecule has 0 aliphatic carbocycles. The van der Waals surface area contributed by atoms with Crippen molar-refractivity contribution < 1.29 is 4.74 Å². The molecule has 3 aromatic rings. The molecule has 0 spiro atoms. The summed E-state index contributed by atoms with van der Waals surface area (Å²) in [6.45, 7) is 9.53. The molecule has 0 aliphatic heterocycles. The van der Waals surface area contributed by atoms with Crippen molar-refractivity contribution in [3.8, 4) is 0 Å². The molecule has 30 heavy (non-hydrogen) atoms. The van der Waals surface area contributed by atoms with Gasteiger partial charge in [-0.3, -0.25) is 0 Å². The summed E-state index contributed by atoms with van der Waals surface area (Å²) < 4.78 is 5.86. The highest BCUT2D eigenvalue weighted by Crippen LogP contribution is 2.16. The van der Waals surface area contributed by atoms with Gasteiger partial charge in [-0.2, -0.15) is 0 Å². The number of hydrogen-bond donors (Lipinski definition) is 2. The van der Waals surface area contributed by atoms with Crippen LogP contribution in [0, 0.1) is 13.8 Å². The van der Waals surface area contributed by atoms with Crippen LogP contribution in [0.4, 0.5) is 0 Å². The van der Waals surface area contributed by atoms with Gasteiger partial charge in [0.1, 0.15) is 5.01 Å². The van der Waals surface area contributed by atoms with Gasteiger partial charge < -0.3 is 15.4 Å². The van der Waals surface area contributed by atoms with Gasteiger partial charge in [0.25, 0.3) is 0 Å². The zero-order chi connectivity index (χ0) is 21.2. The minimum atomic E-state index is 0.591. The van der Waals surface area contributed by atoms with Crippen molar-refractivity contribution in [1.82, 2.24) is 15.6 Å². The van der Waals surface area contributed by atoms with Gasteiger partial charge in [-0.15, -0.1) is 11.3 Å². The topological polar surface area (TPSA) is 58.5 Å². The van der Waals surface area contributed by atoms with Crippen molar-refractivity contribution in [2.45, 2.75) is 47.1 Å². The van der Waals surface area contributed by atoms with Gasteiger partial charge in [0, 0.05) is 11.4 Å². The van der Waals surface area contributed by atoms with Gasteiger partial charge in [0.15, 0.2) is 5.96 Å². The van der Waals surface area contributed by atoms with Crippen LogP contribution < -0.4 is 10.6 Å². The van der Waals surface area contributed by atoms with Gasteiger partial charge in [-0.25, -0.2) is 9.98 Å². The number of hydrogen-bond acceptors (Lipinski definition) is 4. The molecule has 0 bridgehead atoms. The lowest BCUT2D eigenvalue weighted by Gasteiger charge is -2.10. The lowest BCUT2D eigenvalue weighted by Crippen LogP contribution is -2.36. The van der Waals surface area contributed by atoms with E-state index in [1.807, 2.05) is 25.1 Å². The lowest BCUT2D eigenvalue weighted by atomic mass is 10.1. The highest BCUT2D eigenvalue weighted by Gasteiger charge is 2.05. The Hall–Kier alpha value is -2.70. The van der Waals surface area contributed by atoms with Crippen molar-refractivity contribution in [3.63, 3.8) is 0 Å². The van der Waals surface area contributed by atoms with Crippen LogP contribution in [0.25, 0.3) is 0 Å². The second kappa shape index (κ2) is 11.5. The van der Waals surface area contributed by atoms with Crippen LogP contribution >= 0.6 is 11.3 Å². The number of nitrogens with zero attached hydrogens (tertiary/aromatic N) is 2. The van der Waals surface area contributed by atoms with Crippen LogP contribution in [0.1, 0.15) is 39.2 Å². The molecular weight excluding hydrogens is 392 g/mol. The summed E-state index contributed by atoms with van der Waals surface area (Å²) in [6.07, 6.45) is 0. The molecule has 0 fully saturated rings. The third kappa shape index (κ3) is 6.97. The zero-order valence-electron chi connectivity index (χ0n) is 17.9. The smallest absolute Gasteiger partial charge is 0.191 e. The van der Waals surface area contributed by atoms with Crippen LogP contribution in [0.15, 0.2) is 59.6 Å². The molecule has 0 unspecified atom stereocenters. The molecular formula is C24H30N4OS. The van der Waals surface area contributed by atoms with Gasteiger partial charge in [0.05, 0.1) is 32.0 Å². The fraction of sp³-hybridized carbons (Fsp3) is 0.333. The van der Waals surface area contributed by atoms with Crippen molar-refractivity contribution >= 4 is 17.3 Å². The van der Waals surface area contributed by atoms with Crippen LogP contribution in [-0.4, -0.2) is 17.5 Å². The van der Waals surface area contributed by atoms with Crippen molar-refractivity contribution in [1.29, 1.82) is 0 Å². The minimum absolute atomic E-state index is 0.591. The summed E-state index contributed by atoms with van der Waals surface area (Å²) in [6, 6.07) is 18.6. The van der Waals surface area contributed by atoms with Gasteiger partial charge in [0.2, 0.25) is 0 Å². The van der Waals surface area contributed by atoms with E-state index in [0.29, 0.717) is 26.3 Å². The van der Waals surface area contributed by atoms with E-state index < -0.39 is 0 Å². The molecule has 3 rings (SSSR count). The predicted octanol–water partition coefficient (Wildman–Crippen LogP) is 4.73. The van der Waals surface area contributed by atoms with Crippen LogP contribution in [0.3, 0.4) is 0 Å². The molecule has 0 saturated heterocycles. The van der Waals surface area contributed by atoms with E-state index in [4.69, 9.17) is 9.73 Å². The molecule has 0 aliphatic rings. The third-order valence-electron chi connectivity index (χ3n) is 4.62. The first-order valence-corrected chi connectivity index (χ1v) is 11.1. The highest BCUT2D eigenvalue weighted by molar-refractivity contribution is 7.11. The molecule has 0 atom stereocenters. The maximum atomic E-state index is 5.86. The number of aryl methyl sites for hydroxylation is 2. The third-order valence-corrected chi connectivity index (χ3v) is 5.69. The number of ether oxygens (including phenoxy) is 1. The number of guanidine groups is 1. The molecule has 2 N–H and O–H groups in total. The molecule has 1 aromatic heterocycles. The molecule has 1 heterocycles. The number of aromatic nitrogens is 1. The summed E-state index contributed by atoms with van der Waals surface area (Å²) in [5.41, 5.74) is 4.61. The monoisotopic (exact) mass is 422 g/mol. The Balaban J connectivity index is 1.53. The number of benzene rings is 2. The summed E-state index contributed by atoms with van der Waals surface area (Å²) in [4.78, 5) is 10.6. The minimum Gasteiger partial charge on any atom is -0.372 e. The first-order valence-electron chi connectivity index (χ1n) is 10.3. The fourth-order valence-corrected chi connectivity index (χ4v) is 3.84. The predicted molar refractivity (Wildman–Crippen MR) is 125 cm³/mol. The number of thiazole rings is 1. The summed E-state index contributed by atoms with van der Waals surface area (Å²) in [5, 5.41) is 7.76. The van der Waals surface area contributed by atoms with E-state index in [-0.39, 0.29) is 0 Å². The second-order valence-corrected chi connectivity index (χ2v) is 8.38. The van der Waals surface area contributed by atoms with Crippen molar-refractivity contribution in [2.75, 3.05) is 6.54 Å². The van der Waals surface area contributed by atoms with Crippen LogP contribution in [0.5, 0.6) is 0 Å². The van der Waals surface area contributed by atoms with Crippen molar-refractivity contribution in [3.05, 3.63) is 86.9 Å². The number of aliphatic imine (C=N–C) groups is 1. The molecule has 0 radical (unpaired) electrons. The average Bonchev–Trinajstić information content (AvgIpc) is 3.08. The van der Waals surface area contributed by atoms with Crippen molar-refractivity contribution in [2.24, 2.45) is 4.99 Å². The Bertz CT molecular complexity index is 933. The van der Waals surface area contributed by atoms with Gasteiger partial charge in [-0.05, 0) is 37.5 Å². The average molecular weight is 423 g/mol. The fourth-order valence-electron chi connectivity index (χ4n) is 2.96. The van der Waals surface area contributed by atoms with Gasteiger partial charge >= 0.3 is 0 Å². The SMILES string of the molecule is CCNC(=NCc1cccc(COCc2ccccc2)c1)NCc1nc(C)c(C)s1. The first kappa shape index (κ1) is 22.0. The maximum absolute atomic E-state index is 5.86. The van der Waals surface area contributed by atoms with Gasteiger partial charge in [-0.1, -0.05) is 54.6 Å². The molecule has 0 saturated carbocycles. The highest BCUT2D eigenvalue weighted by atomic mass is 32.1. The van der Waals surface area contributed by atoms with E-state index in [9.17, 15) is 0 Å². The normalized spacial score (nSPS) is 11.5. The van der Waals surface area contributed by atoms with E-state index in [1.54, 1.807) is 11.3 Å². The Morgan fingerprint density at radius 2 is 1.70 bits per heavy atom. The molecule has 2 aromatic carbocycles. The summed E-state index contributed by atoms with van der Waals surface area (Å²) in [5.74, 6) is 0.800. The zero-order valence-corrected chi connectivity index (χ0v) is 18.8. The van der Waals surface area contributed by atoms with E-state index in [1.165, 1.54) is 10.4 Å². The van der Waals surface area contributed by atoms with E-state index in [2.05, 4.69) is 65.9 Å². The van der Waals surface area contributed by atoms with Crippen LogP contribution in [0.2, 0.25) is 0 Å². The summed E-state index contributed by atoms with van der Waals surface area (Å²) >= 11 is 1.73. The molecule has 158 valence electrons. The van der Waals surface area contributed by atoms with E-state index in [0.717, 1.165) is 34.3 Å². The molecule has 0 amide bonds. The van der Waals surface area contributed by atoms with Crippen LogP contribution in [-0.2, 0) is 31.0 Å². The first-order chi connectivity index (χ1) is 14.6. The van der Waals surface area contributed by atoms with E-state index >= 15 is 0 Å². The standard InChI is InChI=1S/C24H30N4OS/c1-4-25-24(27-15-23-28-18(2)19(3)30-23)26-14-21-11-8-12-22(13-21)17-29-16-20-9-6-5-7-10-20/h5-13H,4,14-17H2,1-3H3,(H2,25,26,27). The Morgan fingerprint density at radius 1 is 0.967 bits per heavy atom. The maximum Gasteiger partial charge on any atom is 0.191 e.